The number of nitrogens with zero attached hydrogens (tertiary/aromatic N) is 5. The standard InChI is InChI=1S/C24H28ClN5O2/c1-2-21(31)28-11-16-8-18(25)6-7-19(16)30-20(12-28)26-27-22(30)17-9-24(10-17)13-29(14-24)23(32)15-4-3-5-15/h6-8,15,17H,2-5,9-14H2,1H3. The van der Waals surface area contributed by atoms with Crippen molar-refractivity contribution in [1.29, 1.82) is 0 Å². The summed E-state index contributed by atoms with van der Waals surface area (Å²) in [6.45, 7) is 4.65. The van der Waals surface area contributed by atoms with Gasteiger partial charge in [-0.15, -0.1) is 10.2 Å². The third-order valence-corrected chi connectivity index (χ3v) is 8.16. The molecule has 0 radical (unpaired) electrons. The molecule has 168 valence electrons. The Kier molecular flexibility index (Phi) is 4.61. The molecule has 7 nitrogen and oxygen atoms in total. The zero-order valence-corrected chi connectivity index (χ0v) is 19.1. The van der Waals surface area contributed by atoms with Crippen LogP contribution in [-0.4, -0.2) is 49.5 Å². The van der Waals surface area contributed by atoms with E-state index in [4.69, 9.17) is 11.6 Å². The Labute approximate surface area is 192 Å². The number of amides is 2. The van der Waals surface area contributed by atoms with Crippen molar-refractivity contribution < 1.29 is 9.59 Å². The lowest BCUT2D eigenvalue weighted by Crippen LogP contribution is -2.64. The van der Waals surface area contributed by atoms with Crippen LogP contribution in [0, 0.1) is 11.3 Å². The number of rotatable bonds is 3. The van der Waals surface area contributed by atoms with Crippen LogP contribution < -0.4 is 0 Å². The van der Waals surface area contributed by atoms with Crippen LogP contribution in [0.15, 0.2) is 18.2 Å². The Hall–Kier alpha value is -2.41. The first-order valence-electron chi connectivity index (χ1n) is 11.8. The molecule has 0 atom stereocenters. The van der Waals surface area contributed by atoms with Crippen LogP contribution in [-0.2, 0) is 22.7 Å². The van der Waals surface area contributed by atoms with Gasteiger partial charge in [-0.25, -0.2) is 0 Å². The summed E-state index contributed by atoms with van der Waals surface area (Å²) in [4.78, 5) is 28.9. The van der Waals surface area contributed by atoms with Gasteiger partial charge in [0.2, 0.25) is 11.8 Å². The van der Waals surface area contributed by atoms with E-state index in [-0.39, 0.29) is 17.2 Å². The predicted molar refractivity (Wildman–Crippen MR) is 119 cm³/mol. The second kappa shape index (κ2) is 7.30. The predicted octanol–water partition coefficient (Wildman–Crippen LogP) is 3.68. The van der Waals surface area contributed by atoms with E-state index in [2.05, 4.69) is 19.7 Å². The highest BCUT2D eigenvalue weighted by molar-refractivity contribution is 6.30. The number of aromatic nitrogens is 3. The van der Waals surface area contributed by atoms with Crippen LogP contribution in [0.4, 0.5) is 0 Å². The molecule has 4 aliphatic rings. The highest BCUT2D eigenvalue weighted by Crippen LogP contribution is 2.56. The maximum atomic E-state index is 12.5. The van der Waals surface area contributed by atoms with Crippen LogP contribution in [0.5, 0.6) is 0 Å². The van der Waals surface area contributed by atoms with E-state index in [1.54, 1.807) is 0 Å². The second-order valence-corrected chi connectivity index (χ2v) is 10.5. The molecule has 2 aromatic rings. The first-order chi connectivity index (χ1) is 15.5. The molecule has 0 unspecified atom stereocenters. The number of carbonyl (C=O) groups excluding carboxylic acids is 2. The largest absolute Gasteiger partial charge is 0.341 e. The average molecular weight is 454 g/mol. The topological polar surface area (TPSA) is 71.3 Å². The van der Waals surface area contributed by atoms with Crippen LogP contribution in [0.2, 0.25) is 5.02 Å². The lowest BCUT2D eigenvalue weighted by Gasteiger charge is -2.59. The highest BCUT2D eigenvalue weighted by Gasteiger charge is 2.56. The van der Waals surface area contributed by atoms with E-state index in [0.717, 1.165) is 61.7 Å². The lowest BCUT2D eigenvalue weighted by atomic mass is 9.57. The molecule has 8 heteroatoms. The van der Waals surface area contributed by atoms with Crippen molar-refractivity contribution in [2.75, 3.05) is 13.1 Å². The van der Waals surface area contributed by atoms with Crippen molar-refractivity contribution in [3.05, 3.63) is 40.4 Å². The Balaban J connectivity index is 1.24. The molecule has 3 heterocycles. The molecule has 2 aliphatic carbocycles. The Bertz CT molecular complexity index is 1090. The first kappa shape index (κ1) is 20.2. The normalized spacial score (nSPS) is 21.8. The molecular weight excluding hydrogens is 426 g/mol. The molecule has 3 fully saturated rings. The number of carbonyl (C=O) groups is 2. The molecule has 1 aromatic carbocycles. The van der Waals surface area contributed by atoms with E-state index in [1.165, 1.54) is 6.42 Å². The summed E-state index contributed by atoms with van der Waals surface area (Å²) in [6, 6.07) is 5.86. The van der Waals surface area contributed by atoms with Gasteiger partial charge in [-0.1, -0.05) is 24.9 Å². The monoisotopic (exact) mass is 453 g/mol. The molecule has 2 amide bonds. The van der Waals surface area contributed by atoms with E-state index in [9.17, 15) is 9.59 Å². The maximum absolute atomic E-state index is 12.5. The van der Waals surface area contributed by atoms with Gasteiger partial charge < -0.3 is 9.80 Å². The summed E-state index contributed by atoms with van der Waals surface area (Å²) in [6.07, 6.45) is 5.87. The Morgan fingerprint density at radius 2 is 1.91 bits per heavy atom. The van der Waals surface area contributed by atoms with Crippen molar-refractivity contribution in [2.45, 2.75) is 64.5 Å². The number of likely N-dealkylation sites (tertiary alicyclic amines) is 1. The summed E-state index contributed by atoms with van der Waals surface area (Å²) in [7, 11) is 0. The van der Waals surface area contributed by atoms with Crippen molar-refractivity contribution in [1.82, 2.24) is 24.6 Å². The molecule has 1 saturated heterocycles. The van der Waals surface area contributed by atoms with Crippen molar-refractivity contribution in [3.8, 4) is 5.69 Å². The SMILES string of the molecule is CCC(=O)N1Cc2cc(Cl)ccc2-n2c(nnc2C2CC3(C2)CN(C(=O)C2CCC2)C3)C1. The minimum Gasteiger partial charge on any atom is -0.341 e. The minimum absolute atomic E-state index is 0.0993. The van der Waals surface area contributed by atoms with Crippen molar-refractivity contribution in [2.24, 2.45) is 11.3 Å². The summed E-state index contributed by atoms with van der Waals surface area (Å²) in [5, 5.41) is 9.76. The minimum atomic E-state index is 0.0993. The molecule has 2 aliphatic heterocycles. The fourth-order valence-electron chi connectivity index (χ4n) is 5.95. The van der Waals surface area contributed by atoms with Crippen LogP contribution in [0.3, 0.4) is 0 Å². The molecule has 0 bridgehead atoms. The van der Waals surface area contributed by atoms with Crippen LogP contribution in [0.1, 0.15) is 68.6 Å². The Morgan fingerprint density at radius 3 is 2.59 bits per heavy atom. The van der Waals surface area contributed by atoms with Gasteiger partial charge >= 0.3 is 0 Å². The van der Waals surface area contributed by atoms with Gasteiger partial charge in [-0.2, -0.15) is 0 Å². The van der Waals surface area contributed by atoms with Gasteiger partial charge in [-0.3, -0.25) is 14.2 Å². The number of halogens is 1. The third kappa shape index (κ3) is 3.08. The van der Waals surface area contributed by atoms with Gasteiger partial charge in [0.25, 0.3) is 0 Å². The van der Waals surface area contributed by atoms with Gasteiger partial charge in [0.05, 0.1) is 12.2 Å². The van der Waals surface area contributed by atoms with E-state index in [0.29, 0.717) is 36.4 Å². The van der Waals surface area contributed by atoms with E-state index < -0.39 is 0 Å². The maximum Gasteiger partial charge on any atom is 0.225 e. The average Bonchev–Trinajstić information content (AvgIpc) is 2.99. The third-order valence-electron chi connectivity index (χ3n) is 7.93. The van der Waals surface area contributed by atoms with Crippen molar-refractivity contribution >= 4 is 23.4 Å². The van der Waals surface area contributed by atoms with Gasteiger partial charge in [0, 0.05) is 48.3 Å². The Morgan fingerprint density at radius 1 is 1.12 bits per heavy atom. The highest BCUT2D eigenvalue weighted by atomic mass is 35.5. The fraction of sp³-hybridized carbons (Fsp3) is 0.583. The summed E-state index contributed by atoms with van der Waals surface area (Å²) in [5.41, 5.74) is 2.30. The quantitative estimate of drug-likeness (QED) is 0.710. The van der Waals surface area contributed by atoms with Crippen LogP contribution >= 0.6 is 11.6 Å². The van der Waals surface area contributed by atoms with Crippen molar-refractivity contribution in [3.63, 3.8) is 0 Å². The summed E-state index contributed by atoms with van der Waals surface area (Å²) >= 11 is 6.30. The molecule has 32 heavy (non-hydrogen) atoms. The molecule has 2 saturated carbocycles. The number of hydrogen-bond acceptors (Lipinski definition) is 4. The molecule has 0 N–H and O–H groups in total. The molecule has 1 aromatic heterocycles. The fourth-order valence-corrected chi connectivity index (χ4v) is 6.14. The van der Waals surface area contributed by atoms with Gasteiger partial charge in [0.1, 0.15) is 5.82 Å². The zero-order valence-electron chi connectivity index (χ0n) is 18.4. The smallest absolute Gasteiger partial charge is 0.225 e. The number of benzene rings is 1. The molecule has 1 spiro atoms. The van der Waals surface area contributed by atoms with Gasteiger partial charge in [-0.05, 0) is 49.4 Å². The lowest BCUT2D eigenvalue weighted by molar-refractivity contribution is -0.158. The first-order valence-corrected chi connectivity index (χ1v) is 12.1. The summed E-state index contributed by atoms with van der Waals surface area (Å²) < 4.78 is 2.15. The van der Waals surface area contributed by atoms with Crippen LogP contribution in [0.25, 0.3) is 5.69 Å². The van der Waals surface area contributed by atoms with E-state index in [1.807, 2.05) is 30.0 Å². The number of fused-ring (bicyclic) bond motifs is 3. The van der Waals surface area contributed by atoms with E-state index >= 15 is 0 Å². The van der Waals surface area contributed by atoms with Gasteiger partial charge in [0.15, 0.2) is 5.82 Å². The number of hydrogen-bond donors (Lipinski definition) is 0. The zero-order chi connectivity index (χ0) is 22.0. The molecule has 6 rings (SSSR count). The second-order valence-electron chi connectivity index (χ2n) is 10.1. The summed E-state index contributed by atoms with van der Waals surface area (Å²) in [5.74, 6) is 2.86. The molecular formula is C24H28ClN5O2.